The summed E-state index contributed by atoms with van der Waals surface area (Å²) in [5.41, 5.74) is 5.77. The van der Waals surface area contributed by atoms with Crippen molar-refractivity contribution in [2.45, 2.75) is 85.0 Å². The highest BCUT2D eigenvalue weighted by atomic mass is 16.5. The fourth-order valence-corrected chi connectivity index (χ4v) is 2.18. The zero-order valence-electron chi connectivity index (χ0n) is 13.0. The van der Waals surface area contributed by atoms with Crippen LogP contribution < -0.4 is 5.73 Å². The van der Waals surface area contributed by atoms with Crippen molar-refractivity contribution in [1.29, 1.82) is 0 Å². The molecule has 0 fully saturated rings. The molecule has 0 aromatic carbocycles. The Kier molecular flexibility index (Phi) is 11.9. The van der Waals surface area contributed by atoms with Gasteiger partial charge in [-0.05, 0) is 18.3 Å². The minimum atomic E-state index is 0.370. The number of unbranched alkanes of at least 4 members (excludes halogenated alkanes) is 8. The lowest BCUT2D eigenvalue weighted by atomic mass is 9.89. The number of rotatable bonds is 12. The maximum absolute atomic E-state index is 5.25. The summed E-state index contributed by atoms with van der Waals surface area (Å²) in [6.45, 7) is 8.21. The van der Waals surface area contributed by atoms with Gasteiger partial charge in [-0.25, -0.2) is 0 Å². The van der Waals surface area contributed by atoms with Crippen LogP contribution in [0.15, 0.2) is 0 Å². The second kappa shape index (κ2) is 12.0. The second-order valence-electron chi connectivity index (χ2n) is 6.57. The van der Waals surface area contributed by atoms with Crippen molar-refractivity contribution in [3.8, 4) is 0 Å². The minimum Gasteiger partial charge on any atom is -0.367 e. The van der Waals surface area contributed by atoms with E-state index >= 15 is 0 Å². The first-order chi connectivity index (χ1) is 8.56. The third-order valence-corrected chi connectivity index (χ3v) is 3.33. The zero-order valence-corrected chi connectivity index (χ0v) is 13.0. The molecule has 0 atom stereocenters. The first-order valence-electron chi connectivity index (χ1n) is 7.84. The monoisotopic (exact) mass is 257 g/mol. The average molecular weight is 257 g/mol. The van der Waals surface area contributed by atoms with E-state index in [1.54, 1.807) is 0 Å². The van der Waals surface area contributed by atoms with Crippen LogP contribution in [-0.4, -0.2) is 13.3 Å². The molecule has 0 spiro atoms. The van der Waals surface area contributed by atoms with Crippen LogP contribution in [0.5, 0.6) is 0 Å². The standard InChI is InChI=1S/C16H35NO/c1-16(2,3)13-11-9-7-5-4-6-8-10-12-14-18-15-17/h4-15,17H2,1-3H3. The van der Waals surface area contributed by atoms with E-state index in [4.69, 9.17) is 10.5 Å². The van der Waals surface area contributed by atoms with Crippen LogP contribution in [0.2, 0.25) is 0 Å². The van der Waals surface area contributed by atoms with Crippen molar-refractivity contribution in [2.24, 2.45) is 11.1 Å². The number of hydrogen-bond donors (Lipinski definition) is 1. The molecular formula is C16H35NO. The van der Waals surface area contributed by atoms with Crippen LogP contribution in [0, 0.1) is 5.41 Å². The van der Waals surface area contributed by atoms with Gasteiger partial charge < -0.3 is 10.5 Å². The summed E-state index contributed by atoms with van der Waals surface area (Å²) in [5.74, 6) is 0. The predicted molar refractivity (Wildman–Crippen MR) is 80.6 cm³/mol. The van der Waals surface area contributed by atoms with Crippen molar-refractivity contribution in [3.63, 3.8) is 0 Å². The van der Waals surface area contributed by atoms with Crippen molar-refractivity contribution in [2.75, 3.05) is 13.3 Å². The topological polar surface area (TPSA) is 35.2 Å². The van der Waals surface area contributed by atoms with Gasteiger partial charge in [0.2, 0.25) is 0 Å². The molecule has 0 radical (unpaired) electrons. The maximum Gasteiger partial charge on any atom is 0.0940 e. The van der Waals surface area contributed by atoms with E-state index in [1.807, 2.05) is 0 Å². The summed E-state index contributed by atoms with van der Waals surface area (Å²) in [5, 5.41) is 0. The molecule has 0 saturated heterocycles. The Morgan fingerprint density at radius 3 is 1.61 bits per heavy atom. The SMILES string of the molecule is CC(C)(C)CCCCCCCCCCCOCN. The Labute approximate surface area is 115 Å². The molecule has 0 heterocycles. The van der Waals surface area contributed by atoms with Crippen molar-refractivity contribution in [3.05, 3.63) is 0 Å². The van der Waals surface area contributed by atoms with E-state index in [0.717, 1.165) is 6.61 Å². The van der Waals surface area contributed by atoms with Crippen LogP contribution in [-0.2, 0) is 4.74 Å². The molecule has 0 aliphatic rings. The van der Waals surface area contributed by atoms with Crippen molar-refractivity contribution >= 4 is 0 Å². The summed E-state index contributed by atoms with van der Waals surface area (Å²) >= 11 is 0. The lowest BCUT2D eigenvalue weighted by Gasteiger charge is -2.17. The fraction of sp³-hybridized carbons (Fsp3) is 1.00. The van der Waals surface area contributed by atoms with Gasteiger partial charge in [-0.1, -0.05) is 72.1 Å². The lowest BCUT2D eigenvalue weighted by Crippen LogP contribution is -2.05. The Bertz CT molecular complexity index is 163. The van der Waals surface area contributed by atoms with Crippen LogP contribution >= 0.6 is 0 Å². The van der Waals surface area contributed by atoms with Gasteiger partial charge in [-0.2, -0.15) is 0 Å². The smallest absolute Gasteiger partial charge is 0.0940 e. The normalized spacial score (nSPS) is 12.0. The van der Waals surface area contributed by atoms with E-state index < -0.39 is 0 Å². The van der Waals surface area contributed by atoms with Gasteiger partial charge in [0.05, 0.1) is 6.73 Å². The lowest BCUT2D eigenvalue weighted by molar-refractivity contribution is 0.136. The van der Waals surface area contributed by atoms with E-state index in [0.29, 0.717) is 12.1 Å². The minimum absolute atomic E-state index is 0.370. The van der Waals surface area contributed by atoms with Crippen molar-refractivity contribution < 1.29 is 4.74 Å². The van der Waals surface area contributed by atoms with Gasteiger partial charge in [0, 0.05) is 6.61 Å². The largest absolute Gasteiger partial charge is 0.367 e. The Hall–Kier alpha value is -0.0800. The third kappa shape index (κ3) is 15.9. The molecule has 0 saturated carbocycles. The highest BCUT2D eigenvalue weighted by Crippen LogP contribution is 2.22. The Morgan fingerprint density at radius 1 is 0.722 bits per heavy atom. The zero-order chi connectivity index (χ0) is 13.7. The first kappa shape index (κ1) is 17.9. The van der Waals surface area contributed by atoms with Gasteiger partial charge in [0.25, 0.3) is 0 Å². The van der Waals surface area contributed by atoms with Gasteiger partial charge in [-0.3, -0.25) is 0 Å². The molecule has 18 heavy (non-hydrogen) atoms. The molecule has 0 amide bonds. The van der Waals surface area contributed by atoms with E-state index in [-0.39, 0.29) is 0 Å². The molecule has 0 aliphatic carbocycles. The number of ether oxygens (including phenoxy) is 1. The molecule has 0 bridgehead atoms. The molecule has 2 heteroatoms. The Morgan fingerprint density at radius 2 is 1.17 bits per heavy atom. The second-order valence-corrected chi connectivity index (χ2v) is 6.57. The van der Waals surface area contributed by atoms with Gasteiger partial charge in [0.15, 0.2) is 0 Å². The summed E-state index contributed by atoms with van der Waals surface area (Å²) in [4.78, 5) is 0. The molecular weight excluding hydrogens is 222 g/mol. The summed E-state index contributed by atoms with van der Waals surface area (Å²) in [7, 11) is 0. The van der Waals surface area contributed by atoms with Crippen LogP contribution in [0.3, 0.4) is 0 Å². The molecule has 0 aromatic heterocycles. The van der Waals surface area contributed by atoms with Gasteiger partial charge in [-0.15, -0.1) is 0 Å². The van der Waals surface area contributed by atoms with E-state index in [2.05, 4.69) is 20.8 Å². The third-order valence-electron chi connectivity index (χ3n) is 3.33. The first-order valence-corrected chi connectivity index (χ1v) is 7.84. The molecule has 0 rings (SSSR count). The highest BCUT2D eigenvalue weighted by molar-refractivity contribution is 4.61. The highest BCUT2D eigenvalue weighted by Gasteiger charge is 2.08. The summed E-state index contributed by atoms with van der Waals surface area (Å²) < 4.78 is 5.11. The van der Waals surface area contributed by atoms with Gasteiger partial charge in [0.1, 0.15) is 0 Å². The van der Waals surface area contributed by atoms with E-state index in [9.17, 15) is 0 Å². The molecule has 0 unspecified atom stereocenters. The molecule has 2 nitrogen and oxygen atoms in total. The maximum atomic E-state index is 5.25. The summed E-state index contributed by atoms with van der Waals surface area (Å²) in [6, 6.07) is 0. The van der Waals surface area contributed by atoms with Crippen LogP contribution in [0.1, 0.15) is 85.0 Å². The van der Waals surface area contributed by atoms with E-state index in [1.165, 1.54) is 64.2 Å². The summed E-state index contributed by atoms with van der Waals surface area (Å²) in [6.07, 6.45) is 13.7. The quantitative estimate of drug-likeness (QED) is 0.400. The van der Waals surface area contributed by atoms with Crippen LogP contribution in [0.25, 0.3) is 0 Å². The number of hydrogen-bond acceptors (Lipinski definition) is 2. The fourth-order valence-electron chi connectivity index (χ4n) is 2.18. The molecule has 0 aliphatic heterocycles. The number of nitrogens with two attached hydrogens (primary N) is 1. The molecule has 0 aromatic rings. The average Bonchev–Trinajstić information content (AvgIpc) is 2.29. The van der Waals surface area contributed by atoms with Crippen molar-refractivity contribution in [1.82, 2.24) is 0 Å². The molecule has 110 valence electrons. The molecule has 2 N–H and O–H groups in total. The van der Waals surface area contributed by atoms with Gasteiger partial charge >= 0.3 is 0 Å². The van der Waals surface area contributed by atoms with Crippen LogP contribution in [0.4, 0.5) is 0 Å². The predicted octanol–water partition coefficient (Wildman–Crippen LogP) is 4.87. The Balaban J connectivity index is 2.99.